The number of ether oxygens (including phenoxy) is 2. The average Bonchev–Trinajstić information content (AvgIpc) is 2.47. The molecule has 1 aromatic rings. The lowest BCUT2D eigenvalue weighted by Gasteiger charge is -2.35. The van der Waals surface area contributed by atoms with E-state index >= 15 is 0 Å². The molecule has 0 saturated carbocycles. The van der Waals surface area contributed by atoms with Gasteiger partial charge in [-0.3, -0.25) is 0 Å². The van der Waals surface area contributed by atoms with E-state index in [0.29, 0.717) is 12.5 Å². The molecule has 144 valence electrons. The predicted molar refractivity (Wildman–Crippen MR) is 105 cm³/mol. The normalized spacial score (nSPS) is 15.3. The smallest absolute Gasteiger partial charge is 0.202 e. The molecule has 3 heteroatoms. The van der Waals surface area contributed by atoms with Crippen molar-refractivity contribution in [1.29, 1.82) is 0 Å². The minimum atomic E-state index is -0.691. The highest BCUT2D eigenvalue weighted by molar-refractivity contribution is 5.30. The lowest BCUT2D eigenvalue weighted by Crippen LogP contribution is -2.29. The van der Waals surface area contributed by atoms with Crippen LogP contribution >= 0.6 is 0 Å². The number of hydrogen-bond acceptors (Lipinski definition) is 3. The largest absolute Gasteiger partial charge is 0.465 e. The van der Waals surface area contributed by atoms with E-state index in [1.54, 1.807) is 0 Å². The van der Waals surface area contributed by atoms with Crippen molar-refractivity contribution < 1.29 is 14.6 Å². The van der Waals surface area contributed by atoms with Crippen LogP contribution in [0, 0.1) is 11.3 Å². The molecule has 1 aromatic carbocycles. The molecule has 0 aliphatic carbocycles. The topological polar surface area (TPSA) is 38.7 Å². The summed E-state index contributed by atoms with van der Waals surface area (Å²) < 4.78 is 11.8. The second-order valence-corrected chi connectivity index (χ2v) is 9.11. The van der Waals surface area contributed by atoms with Crippen LogP contribution in [0.1, 0.15) is 79.7 Å². The van der Waals surface area contributed by atoms with E-state index in [9.17, 15) is 5.11 Å². The number of aliphatic hydroxyl groups is 1. The van der Waals surface area contributed by atoms with Gasteiger partial charge in [0.2, 0.25) is 6.29 Å². The third-order valence-electron chi connectivity index (χ3n) is 4.31. The summed E-state index contributed by atoms with van der Waals surface area (Å²) in [6, 6.07) is 8.27. The Labute approximate surface area is 154 Å². The van der Waals surface area contributed by atoms with Crippen LogP contribution in [0.5, 0.6) is 5.75 Å². The van der Waals surface area contributed by atoms with E-state index < -0.39 is 5.60 Å². The maximum Gasteiger partial charge on any atom is 0.202 e. The first-order valence-corrected chi connectivity index (χ1v) is 9.54. The standard InChI is InChI=1S/C22H38O3/c1-9-14-24-20(16(2)3)25-18-12-10-17(11-13-18)19(21(4,5)6)15-22(7,8)23/h10-13,16,19-20,23H,9,14-15H2,1-8H3. The van der Waals surface area contributed by atoms with Gasteiger partial charge >= 0.3 is 0 Å². The molecular formula is C22H38O3. The van der Waals surface area contributed by atoms with E-state index in [0.717, 1.165) is 18.6 Å². The van der Waals surface area contributed by atoms with E-state index in [1.165, 1.54) is 5.56 Å². The van der Waals surface area contributed by atoms with Gasteiger partial charge in [0.05, 0.1) is 12.2 Å². The van der Waals surface area contributed by atoms with Gasteiger partial charge in [0.25, 0.3) is 0 Å². The van der Waals surface area contributed by atoms with Crippen LogP contribution in [0.3, 0.4) is 0 Å². The Morgan fingerprint density at radius 3 is 1.96 bits per heavy atom. The highest BCUT2D eigenvalue weighted by Gasteiger charge is 2.31. The summed E-state index contributed by atoms with van der Waals surface area (Å²) in [5.41, 5.74) is 0.620. The monoisotopic (exact) mass is 350 g/mol. The van der Waals surface area contributed by atoms with Gasteiger partial charge in [0, 0.05) is 5.92 Å². The molecular weight excluding hydrogens is 312 g/mol. The second-order valence-electron chi connectivity index (χ2n) is 9.11. The first kappa shape index (κ1) is 22.0. The van der Waals surface area contributed by atoms with Crippen molar-refractivity contribution in [3.8, 4) is 5.75 Å². The summed E-state index contributed by atoms with van der Waals surface area (Å²) in [5, 5.41) is 10.3. The second kappa shape index (κ2) is 9.05. The number of rotatable bonds is 9. The molecule has 0 aliphatic heterocycles. The van der Waals surface area contributed by atoms with Gasteiger partial charge in [0.15, 0.2) is 0 Å². The van der Waals surface area contributed by atoms with Crippen molar-refractivity contribution in [2.75, 3.05) is 6.61 Å². The molecule has 1 N–H and O–H groups in total. The Balaban J connectivity index is 2.91. The van der Waals surface area contributed by atoms with Crippen molar-refractivity contribution in [1.82, 2.24) is 0 Å². The van der Waals surface area contributed by atoms with Gasteiger partial charge in [-0.1, -0.05) is 53.7 Å². The summed E-state index contributed by atoms with van der Waals surface area (Å²) in [6.07, 6.45) is 1.49. The van der Waals surface area contributed by atoms with Gasteiger partial charge in [-0.25, -0.2) is 0 Å². The van der Waals surface area contributed by atoms with Crippen LogP contribution in [-0.4, -0.2) is 23.6 Å². The van der Waals surface area contributed by atoms with Crippen LogP contribution in [0.2, 0.25) is 0 Å². The highest BCUT2D eigenvalue weighted by atomic mass is 16.7. The fourth-order valence-electron chi connectivity index (χ4n) is 2.93. The molecule has 0 amide bonds. The Bertz CT molecular complexity index is 491. The van der Waals surface area contributed by atoms with Crippen molar-refractivity contribution >= 4 is 0 Å². The van der Waals surface area contributed by atoms with Gasteiger partial charge < -0.3 is 14.6 Å². The first-order chi connectivity index (χ1) is 11.4. The molecule has 2 unspecified atom stereocenters. The fraction of sp³-hybridized carbons (Fsp3) is 0.727. The van der Waals surface area contributed by atoms with E-state index in [1.807, 2.05) is 26.0 Å². The molecule has 1 rings (SSSR count). The predicted octanol–water partition coefficient (Wildman–Crippen LogP) is 5.76. The summed E-state index contributed by atoms with van der Waals surface area (Å²) in [7, 11) is 0. The number of benzene rings is 1. The Hall–Kier alpha value is -1.06. The van der Waals surface area contributed by atoms with Gasteiger partial charge in [-0.15, -0.1) is 0 Å². The van der Waals surface area contributed by atoms with E-state index in [-0.39, 0.29) is 17.6 Å². The van der Waals surface area contributed by atoms with Crippen LogP contribution < -0.4 is 4.74 Å². The Morgan fingerprint density at radius 2 is 1.56 bits per heavy atom. The van der Waals surface area contributed by atoms with Crippen LogP contribution in [0.4, 0.5) is 0 Å². The molecule has 25 heavy (non-hydrogen) atoms. The SMILES string of the molecule is CCCOC(Oc1ccc(C(CC(C)(C)O)C(C)(C)C)cc1)C(C)C. The summed E-state index contributed by atoms with van der Waals surface area (Å²) in [6.45, 7) is 17.4. The lowest BCUT2D eigenvalue weighted by atomic mass is 9.71. The molecule has 0 fully saturated rings. The molecule has 0 heterocycles. The molecule has 0 aliphatic rings. The molecule has 0 radical (unpaired) electrons. The van der Waals surface area contributed by atoms with Crippen molar-refractivity contribution in [3.05, 3.63) is 29.8 Å². The third kappa shape index (κ3) is 7.79. The minimum absolute atomic E-state index is 0.0765. The summed E-state index contributed by atoms with van der Waals surface area (Å²) in [5.74, 6) is 1.40. The van der Waals surface area contributed by atoms with Crippen molar-refractivity contribution in [2.45, 2.75) is 86.0 Å². The highest BCUT2D eigenvalue weighted by Crippen LogP contribution is 2.41. The number of hydrogen-bond donors (Lipinski definition) is 1. The van der Waals surface area contributed by atoms with Gasteiger partial charge in [0.1, 0.15) is 5.75 Å². The van der Waals surface area contributed by atoms with Crippen LogP contribution in [-0.2, 0) is 4.74 Å². The first-order valence-electron chi connectivity index (χ1n) is 9.54. The van der Waals surface area contributed by atoms with E-state index in [2.05, 4.69) is 53.7 Å². The average molecular weight is 351 g/mol. The molecule has 0 aromatic heterocycles. The zero-order chi connectivity index (χ0) is 19.3. The molecule has 0 bridgehead atoms. The Kier molecular flexibility index (Phi) is 7.95. The van der Waals surface area contributed by atoms with Crippen molar-refractivity contribution in [3.63, 3.8) is 0 Å². The maximum atomic E-state index is 10.3. The Morgan fingerprint density at radius 1 is 1.00 bits per heavy atom. The zero-order valence-electron chi connectivity index (χ0n) is 17.4. The zero-order valence-corrected chi connectivity index (χ0v) is 17.4. The molecule has 3 nitrogen and oxygen atoms in total. The van der Waals surface area contributed by atoms with Gasteiger partial charge in [-0.2, -0.15) is 0 Å². The lowest BCUT2D eigenvalue weighted by molar-refractivity contribution is -0.107. The summed E-state index contributed by atoms with van der Waals surface area (Å²) >= 11 is 0. The molecule has 0 spiro atoms. The minimum Gasteiger partial charge on any atom is -0.465 e. The van der Waals surface area contributed by atoms with Gasteiger partial charge in [-0.05, 0) is 55.7 Å². The van der Waals surface area contributed by atoms with Crippen LogP contribution in [0.25, 0.3) is 0 Å². The van der Waals surface area contributed by atoms with Crippen LogP contribution in [0.15, 0.2) is 24.3 Å². The van der Waals surface area contributed by atoms with Crippen molar-refractivity contribution in [2.24, 2.45) is 11.3 Å². The third-order valence-corrected chi connectivity index (χ3v) is 4.31. The maximum absolute atomic E-state index is 10.3. The molecule has 2 atom stereocenters. The molecule has 0 saturated heterocycles. The fourth-order valence-corrected chi connectivity index (χ4v) is 2.93. The summed E-state index contributed by atoms with van der Waals surface area (Å²) in [4.78, 5) is 0. The quantitative estimate of drug-likeness (QED) is 0.575. The van der Waals surface area contributed by atoms with E-state index in [4.69, 9.17) is 9.47 Å².